The number of nitroso groups, excluding NO2 is 1. The fourth-order valence-corrected chi connectivity index (χ4v) is 1.05. The number of hydrogen-bond donors (Lipinski definition) is 1. The Labute approximate surface area is 75.7 Å². The van der Waals surface area contributed by atoms with Crippen LogP contribution < -0.4 is 5.73 Å². The molecule has 0 saturated heterocycles. The van der Waals surface area contributed by atoms with Crippen LogP contribution in [-0.4, -0.2) is 12.3 Å². The Morgan fingerprint density at radius 3 is 2.38 bits per heavy atom. The van der Waals surface area contributed by atoms with Crippen LogP contribution in [0.4, 0.5) is 0 Å². The first-order chi connectivity index (χ1) is 6.29. The molecule has 0 aliphatic heterocycles. The highest BCUT2D eigenvalue weighted by atomic mass is 16.3. The zero-order valence-corrected chi connectivity index (χ0v) is 6.96. The molecule has 0 bridgehead atoms. The molecule has 0 fully saturated rings. The van der Waals surface area contributed by atoms with E-state index in [9.17, 15) is 9.70 Å². The van der Waals surface area contributed by atoms with E-state index >= 15 is 0 Å². The lowest BCUT2D eigenvalue weighted by Gasteiger charge is -2.11. The normalized spacial score (nSPS) is 14.5. The second kappa shape index (κ2) is 4.47. The van der Waals surface area contributed by atoms with Gasteiger partial charge in [-0.05, 0) is 5.56 Å². The molecule has 0 amide bonds. The predicted octanol–water partition coefficient (Wildman–Crippen LogP) is 1.02. The molecule has 4 nitrogen and oxygen atoms in total. The SMILES string of the molecule is NC(c1ccccc1)C(C=O)N=O. The van der Waals surface area contributed by atoms with Crippen LogP contribution in [0.2, 0.25) is 0 Å². The number of carbonyl (C=O) groups is 1. The Hall–Kier alpha value is -1.55. The molecule has 0 aliphatic rings. The largest absolute Gasteiger partial charge is 0.322 e. The summed E-state index contributed by atoms with van der Waals surface area (Å²) in [5.41, 5.74) is 6.37. The zero-order chi connectivity index (χ0) is 9.68. The van der Waals surface area contributed by atoms with Crippen LogP contribution >= 0.6 is 0 Å². The van der Waals surface area contributed by atoms with Gasteiger partial charge in [0, 0.05) is 0 Å². The molecule has 68 valence electrons. The molecule has 13 heavy (non-hydrogen) atoms. The number of aldehydes is 1. The van der Waals surface area contributed by atoms with Gasteiger partial charge < -0.3 is 10.5 Å². The number of benzene rings is 1. The van der Waals surface area contributed by atoms with Gasteiger partial charge in [-0.1, -0.05) is 35.5 Å². The lowest BCUT2D eigenvalue weighted by Crippen LogP contribution is -2.25. The van der Waals surface area contributed by atoms with E-state index in [1.54, 1.807) is 24.3 Å². The van der Waals surface area contributed by atoms with Gasteiger partial charge in [0.2, 0.25) is 0 Å². The van der Waals surface area contributed by atoms with E-state index in [0.29, 0.717) is 6.29 Å². The quantitative estimate of drug-likeness (QED) is 0.552. The lowest BCUT2D eigenvalue weighted by atomic mass is 10.0. The maximum absolute atomic E-state index is 10.4. The minimum Gasteiger partial charge on any atom is -0.322 e. The first-order valence-corrected chi connectivity index (χ1v) is 3.88. The van der Waals surface area contributed by atoms with Gasteiger partial charge in [-0.15, -0.1) is 4.91 Å². The van der Waals surface area contributed by atoms with E-state index in [2.05, 4.69) is 5.18 Å². The van der Waals surface area contributed by atoms with Crippen molar-refractivity contribution < 1.29 is 4.79 Å². The summed E-state index contributed by atoms with van der Waals surface area (Å²) in [4.78, 5) is 20.6. The Balaban J connectivity index is 2.83. The average molecular weight is 178 g/mol. The number of nitrogens with zero attached hydrogens (tertiary/aromatic N) is 1. The molecule has 0 heterocycles. The molecule has 0 aromatic heterocycles. The van der Waals surface area contributed by atoms with E-state index in [1.807, 2.05) is 6.07 Å². The molecular weight excluding hydrogens is 168 g/mol. The Bertz CT molecular complexity index is 279. The Morgan fingerprint density at radius 2 is 1.92 bits per heavy atom. The maximum Gasteiger partial charge on any atom is 0.166 e. The number of nitrogens with two attached hydrogens (primary N) is 1. The number of hydrogen-bond acceptors (Lipinski definition) is 4. The Morgan fingerprint density at radius 1 is 1.31 bits per heavy atom. The molecule has 0 radical (unpaired) electrons. The van der Waals surface area contributed by atoms with Gasteiger partial charge >= 0.3 is 0 Å². The van der Waals surface area contributed by atoms with Crippen LogP contribution in [0.25, 0.3) is 0 Å². The van der Waals surface area contributed by atoms with Crippen LogP contribution in [0.5, 0.6) is 0 Å². The van der Waals surface area contributed by atoms with E-state index in [0.717, 1.165) is 5.56 Å². The fourth-order valence-electron chi connectivity index (χ4n) is 1.05. The highest BCUT2D eigenvalue weighted by Gasteiger charge is 2.18. The van der Waals surface area contributed by atoms with Gasteiger partial charge in [0.15, 0.2) is 6.04 Å². The van der Waals surface area contributed by atoms with Gasteiger partial charge in [-0.25, -0.2) is 0 Å². The summed E-state index contributed by atoms with van der Waals surface area (Å²) in [6, 6.07) is 7.29. The topological polar surface area (TPSA) is 72.5 Å². The van der Waals surface area contributed by atoms with Crippen LogP contribution in [0, 0.1) is 4.91 Å². The molecule has 1 rings (SSSR count). The molecule has 2 unspecified atom stereocenters. The molecule has 0 saturated carbocycles. The third-order valence-electron chi connectivity index (χ3n) is 1.81. The number of rotatable bonds is 4. The summed E-state index contributed by atoms with van der Waals surface area (Å²) >= 11 is 0. The highest BCUT2D eigenvalue weighted by Crippen LogP contribution is 2.14. The first-order valence-electron chi connectivity index (χ1n) is 3.88. The standard InChI is InChI=1S/C9H10N2O2/c10-9(8(6-12)11-13)7-4-2-1-3-5-7/h1-6,8-9H,10H2. The van der Waals surface area contributed by atoms with Crippen molar-refractivity contribution in [3.63, 3.8) is 0 Å². The molecule has 0 aliphatic carbocycles. The van der Waals surface area contributed by atoms with Crippen molar-refractivity contribution in [1.82, 2.24) is 0 Å². The average Bonchev–Trinajstić information content (AvgIpc) is 2.21. The summed E-state index contributed by atoms with van der Waals surface area (Å²) in [5.74, 6) is 0. The highest BCUT2D eigenvalue weighted by molar-refractivity contribution is 5.60. The van der Waals surface area contributed by atoms with Crippen LogP contribution in [0.15, 0.2) is 35.5 Å². The van der Waals surface area contributed by atoms with Gasteiger partial charge in [0.25, 0.3) is 0 Å². The number of carbonyl (C=O) groups excluding carboxylic acids is 1. The van der Waals surface area contributed by atoms with Crippen molar-refractivity contribution in [2.45, 2.75) is 12.1 Å². The monoisotopic (exact) mass is 178 g/mol. The van der Waals surface area contributed by atoms with Crippen molar-refractivity contribution in [2.24, 2.45) is 10.9 Å². The summed E-state index contributed by atoms with van der Waals surface area (Å²) in [5, 5.41) is 2.64. The van der Waals surface area contributed by atoms with Crippen LogP contribution in [0.1, 0.15) is 11.6 Å². The van der Waals surface area contributed by atoms with Crippen molar-refractivity contribution in [3.05, 3.63) is 40.8 Å². The lowest BCUT2D eigenvalue weighted by molar-refractivity contribution is -0.109. The summed E-state index contributed by atoms with van der Waals surface area (Å²) in [7, 11) is 0. The van der Waals surface area contributed by atoms with Gasteiger partial charge in [-0.2, -0.15) is 0 Å². The molecule has 4 heteroatoms. The summed E-state index contributed by atoms with van der Waals surface area (Å²) in [6.07, 6.45) is 0.463. The maximum atomic E-state index is 10.4. The van der Waals surface area contributed by atoms with E-state index < -0.39 is 12.1 Å². The minimum atomic E-state index is -0.998. The Kier molecular flexibility index (Phi) is 3.28. The second-order valence-corrected chi connectivity index (χ2v) is 2.67. The minimum absolute atomic E-state index is 0.463. The van der Waals surface area contributed by atoms with Crippen molar-refractivity contribution in [2.75, 3.05) is 0 Å². The van der Waals surface area contributed by atoms with Crippen molar-refractivity contribution >= 4 is 6.29 Å². The molecule has 1 aromatic carbocycles. The molecule has 0 spiro atoms. The fraction of sp³-hybridized carbons (Fsp3) is 0.222. The summed E-state index contributed by atoms with van der Waals surface area (Å²) < 4.78 is 0. The molecular formula is C9H10N2O2. The predicted molar refractivity (Wildman–Crippen MR) is 49.0 cm³/mol. The van der Waals surface area contributed by atoms with E-state index in [4.69, 9.17) is 5.73 Å². The van der Waals surface area contributed by atoms with Crippen LogP contribution in [-0.2, 0) is 4.79 Å². The third-order valence-corrected chi connectivity index (χ3v) is 1.81. The smallest absolute Gasteiger partial charge is 0.166 e. The second-order valence-electron chi connectivity index (χ2n) is 2.67. The molecule has 1 aromatic rings. The van der Waals surface area contributed by atoms with Gasteiger partial charge in [0.05, 0.1) is 6.04 Å². The van der Waals surface area contributed by atoms with Crippen LogP contribution in [0.3, 0.4) is 0 Å². The van der Waals surface area contributed by atoms with Gasteiger partial charge in [-0.3, -0.25) is 0 Å². The van der Waals surface area contributed by atoms with Crippen molar-refractivity contribution in [3.8, 4) is 0 Å². The van der Waals surface area contributed by atoms with E-state index in [1.165, 1.54) is 0 Å². The van der Waals surface area contributed by atoms with Crippen molar-refractivity contribution in [1.29, 1.82) is 0 Å². The van der Waals surface area contributed by atoms with E-state index in [-0.39, 0.29) is 0 Å². The van der Waals surface area contributed by atoms with Gasteiger partial charge in [0.1, 0.15) is 6.29 Å². The molecule has 2 N–H and O–H groups in total. The third kappa shape index (κ3) is 2.19. The zero-order valence-electron chi connectivity index (χ0n) is 6.96. The summed E-state index contributed by atoms with van der Waals surface area (Å²) in [6.45, 7) is 0. The molecule has 2 atom stereocenters. The first kappa shape index (κ1) is 9.54.